The van der Waals surface area contributed by atoms with Gasteiger partial charge in [0.25, 0.3) is 5.91 Å². The van der Waals surface area contributed by atoms with Gasteiger partial charge in [-0.15, -0.1) is 12.4 Å². The molecule has 4 nitrogen and oxygen atoms in total. The molecule has 1 amide bonds. The van der Waals surface area contributed by atoms with Crippen LogP contribution in [-0.4, -0.2) is 31.7 Å². The maximum atomic E-state index is 12.4. The van der Waals surface area contributed by atoms with Crippen molar-refractivity contribution in [3.63, 3.8) is 0 Å². The van der Waals surface area contributed by atoms with E-state index in [0.29, 0.717) is 6.54 Å². The van der Waals surface area contributed by atoms with Crippen LogP contribution in [0, 0.1) is 0 Å². The smallest absolute Gasteiger partial charge is 0.251 e. The van der Waals surface area contributed by atoms with Crippen molar-refractivity contribution in [3.8, 4) is 0 Å². The van der Waals surface area contributed by atoms with Crippen LogP contribution in [0.25, 0.3) is 0 Å². The Bertz CT molecular complexity index is 487. The fraction of sp³-hybridized carbons (Fsp3) is 0.562. The minimum absolute atomic E-state index is 0. The van der Waals surface area contributed by atoms with E-state index in [9.17, 15) is 4.79 Å². The van der Waals surface area contributed by atoms with Gasteiger partial charge in [-0.25, -0.2) is 0 Å². The predicted molar refractivity (Wildman–Crippen MR) is 86.4 cm³/mol. The molecule has 0 spiro atoms. The van der Waals surface area contributed by atoms with Crippen LogP contribution in [0.5, 0.6) is 0 Å². The van der Waals surface area contributed by atoms with E-state index in [4.69, 9.17) is 4.74 Å². The number of carbonyl (C=O) groups excluding carboxylic acids is 1. The Labute approximate surface area is 132 Å². The third-order valence-corrected chi connectivity index (χ3v) is 4.10. The monoisotopic (exact) mass is 310 g/mol. The molecule has 0 radical (unpaired) electrons. The average Bonchev–Trinajstić information content (AvgIpc) is 2.53. The summed E-state index contributed by atoms with van der Waals surface area (Å²) < 4.78 is 5.65. The largest absolute Gasteiger partial charge is 0.385 e. The first-order chi connectivity index (χ1) is 9.84. The Hall–Kier alpha value is -1.26. The first-order valence-corrected chi connectivity index (χ1v) is 7.60. The number of benzene rings is 1. The van der Waals surface area contributed by atoms with E-state index in [1.54, 1.807) is 0 Å². The Morgan fingerprint density at radius 3 is 3.05 bits per heavy atom. The minimum Gasteiger partial charge on any atom is -0.385 e. The van der Waals surface area contributed by atoms with Crippen LogP contribution in [0.4, 0.5) is 5.69 Å². The molecular weight excluding hydrogens is 288 g/mol. The summed E-state index contributed by atoms with van der Waals surface area (Å²) in [6.07, 6.45) is 5.64. The van der Waals surface area contributed by atoms with Crippen molar-refractivity contribution in [2.75, 3.05) is 25.0 Å². The summed E-state index contributed by atoms with van der Waals surface area (Å²) in [6, 6.07) is 5.92. The fourth-order valence-electron chi connectivity index (χ4n) is 2.99. The van der Waals surface area contributed by atoms with Gasteiger partial charge in [-0.1, -0.05) is 6.07 Å². The second-order valence-corrected chi connectivity index (χ2v) is 5.56. The summed E-state index contributed by atoms with van der Waals surface area (Å²) in [6.45, 7) is 2.44. The molecule has 2 aliphatic heterocycles. The van der Waals surface area contributed by atoms with Crippen LogP contribution in [0.3, 0.4) is 0 Å². The van der Waals surface area contributed by atoms with E-state index >= 15 is 0 Å². The van der Waals surface area contributed by atoms with E-state index in [-0.39, 0.29) is 24.4 Å². The summed E-state index contributed by atoms with van der Waals surface area (Å²) in [5.74, 6) is 0.0275. The molecule has 0 saturated carbocycles. The van der Waals surface area contributed by atoms with Gasteiger partial charge in [0.05, 0.1) is 6.10 Å². The molecule has 116 valence electrons. The molecule has 1 atom stereocenters. The van der Waals surface area contributed by atoms with Gasteiger partial charge in [0, 0.05) is 30.9 Å². The van der Waals surface area contributed by atoms with Crippen molar-refractivity contribution in [1.82, 2.24) is 5.32 Å². The van der Waals surface area contributed by atoms with E-state index in [1.165, 1.54) is 6.42 Å². The van der Waals surface area contributed by atoms with E-state index in [1.807, 2.05) is 12.1 Å². The number of halogens is 1. The predicted octanol–water partition coefficient (Wildman–Crippen LogP) is 2.77. The van der Waals surface area contributed by atoms with Crippen LogP contribution in [-0.2, 0) is 11.2 Å². The summed E-state index contributed by atoms with van der Waals surface area (Å²) in [5.41, 5.74) is 3.07. The van der Waals surface area contributed by atoms with Gasteiger partial charge in [-0.2, -0.15) is 0 Å². The van der Waals surface area contributed by atoms with Gasteiger partial charge in [-0.05, 0) is 49.8 Å². The summed E-state index contributed by atoms with van der Waals surface area (Å²) in [4.78, 5) is 12.4. The number of ether oxygens (including phenoxy) is 1. The number of carbonyl (C=O) groups is 1. The lowest BCUT2D eigenvalue weighted by Crippen LogP contribution is -2.36. The molecule has 1 unspecified atom stereocenters. The quantitative estimate of drug-likeness (QED) is 0.902. The fourth-order valence-corrected chi connectivity index (χ4v) is 2.99. The van der Waals surface area contributed by atoms with Crippen molar-refractivity contribution >= 4 is 24.0 Å². The minimum atomic E-state index is 0. The van der Waals surface area contributed by atoms with Crippen molar-refractivity contribution < 1.29 is 9.53 Å². The highest BCUT2D eigenvalue weighted by Crippen LogP contribution is 2.25. The molecule has 3 rings (SSSR count). The van der Waals surface area contributed by atoms with Gasteiger partial charge in [0.2, 0.25) is 0 Å². The number of hydrogen-bond acceptors (Lipinski definition) is 3. The van der Waals surface area contributed by atoms with E-state index in [0.717, 1.165) is 55.6 Å². The number of fused-ring (bicyclic) bond motifs is 1. The van der Waals surface area contributed by atoms with Gasteiger partial charge >= 0.3 is 0 Å². The van der Waals surface area contributed by atoms with Crippen LogP contribution in [0.15, 0.2) is 18.2 Å². The van der Waals surface area contributed by atoms with Crippen LogP contribution < -0.4 is 10.6 Å². The molecule has 0 aliphatic carbocycles. The number of hydrogen-bond donors (Lipinski definition) is 2. The summed E-state index contributed by atoms with van der Waals surface area (Å²) in [7, 11) is 0. The van der Waals surface area contributed by atoms with Gasteiger partial charge in [-0.3, -0.25) is 4.79 Å². The maximum Gasteiger partial charge on any atom is 0.251 e. The summed E-state index contributed by atoms with van der Waals surface area (Å²) in [5, 5.41) is 6.39. The highest BCUT2D eigenvalue weighted by Gasteiger charge is 2.19. The molecule has 5 heteroatoms. The molecular formula is C16H23ClN2O2. The summed E-state index contributed by atoms with van der Waals surface area (Å²) >= 11 is 0. The number of anilines is 1. The van der Waals surface area contributed by atoms with Crippen molar-refractivity contribution in [3.05, 3.63) is 29.3 Å². The van der Waals surface area contributed by atoms with E-state index in [2.05, 4.69) is 16.7 Å². The second-order valence-electron chi connectivity index (χ2n) is 5.56. The number of nitrogens with one attached hydrogen (secondary N) is 2. The molecule has 1 fully saturated rings. The zero-order chi connectivity index (χ0) is 13.8. The average molecular weight is 311 g/mol. The molecule has 0 aromatic heterocycles. The van der Waals surface area contributed by atoms with E-state index < -0.39 is 0 Å². The second kappa shape index (κ2) is 7.66. The first-order valence-electron chi connectivity index (χ1n) is 7.60. The molecule has 1 aromatic carbocycles. The maximum absolute atomic E-state index is 12.4. The molecule has 1 saturated heterocycles. The SMILES string of the molecule is Cl.O=C(NCC1CCCCO1)c1cccc2c1CCCN2. The highest BCUT2D eigenvalue weighted by atomic mass is 35.5. The van der Waals surface area contributed by atoms with Crippen molar-refractivity contribution in [1.29, 1.82) is 0 Å². The molecule has 2 N–H and O–H groups in total. The number of rotatable bonds is 3. The Balaban J connectivity index is 0.00000161. The van der Waals surface area contributed by atoms with Crippen LogP contribution in [0.1, 0.15) is 41.6 Å². The molecule has 1 aromatic rings. The van der Waals surface area contributed by atoms with Crippen LogP contribution >= 0.6 is 12.4 Å². The number of amides is 1. The van der Waals surface area contributed by atoms with Crippen molar-refractivity contribution in [2.24, 2.45) is 0 Å². The van der Waals surface area contributed by atoms with Gasteiger partial charge in [0.15, 0.2) is 0 Å². The Morgan fingerprint density at radius 1 is 1.33 bits per heavy atom. The lowest BCUT2D eigenvalue weighted by molar-refractivity contribution is 0.0169. The first kappa shape index (κ1) is 16.1. The van der Waals surface area contributed by atoms with Gasteiger partial charge in [0.1, 0.15) is 0 Å². The molecule has 0 bridgehead atoms. The molecule has 2 aliphatic rings. The van der Waals surface area contributed by atoms with Gasteiger partial charge < -0.3 is 15.4 Å². The topological polar surface area (TPSA) is 50.4 Å². The zero-order valence-electron chi connectivity index (χ0n) is 12.2. The van der Waals surface area contributed by atoms with Crippen molar-refractivity contribution in [2.45, 2.75) is 38.2 Å². The lowest BCUT2D eigenvalue weighted by atomic mass is 9.97. The van der Waals surface area contributed by atoms with Crippen LogP contribution in [0.2, 0.25) is 0 Å². The normalized spacial score (nSPS) is 20.7. The standard InChI is InChI=1S/C16H22N2O2.ClH/c19-16(18-11-12-5-1-2-10-20-12)14-6-3-8-15-13(14)7-4-9-17-15;/h3,6,8,12,17H,1-2,4-5,7,9-11H2,(H,18,19);1H. The molecule has 2 heterocycles. The Kier molecular flexibility index (Phi) is 5.88. The molecule has 21 heavy (non-hydrogen) atoms. The Morgan fingerprint density at radius 2 is 2.24 bits per heavy atom. The third-order valence-electron chi connectivity index (χ3n) is 4.10. The highest BCUT2D eigenvalue weighted by molar-refractivity contribution is 5.97. The third kappa shape index (κ3) is 3.89. The lowest BCUT2D eigenvalue weighted by Gasteiger charge is -2.24. The zero-order valence-corrected chi connectivity index (χ0v) is 13.0.